The summed E-state index contributed by atoms with van der Waals surface area (Å²) in [5, 5.41) is 7.85. The molecule has 2 atom stereocenters. The number of hydrogen-bond donors (Lipinski definition) is 2. The lowest BCUT2D eigenvalue weighted by Crippen LogP contribution is -2.54. The third kappa shape index (κ3) is 6.48. The Morgan fingerprint density at radius 2 is 1.72 bits per heavy atom. The van der Waals surface area contributed by atoms with Gasteiger partial charge >= 0.3 is 0 Å². The Balaban J connectivity index is 0.946. The summed E-state index contributed by atoms with van der Waals surface area (Å²) in [7, 11) is 0. The van der Waals surface area contributed by atoms with E-state index in [9.17, 15) is 24.0 Å². The molecular weight excluding hydrogens is 697 g/mol. The number of carbonyl (C=O) groups excluding carboxylic acids is 5. The number of para-hydroxylation sites is 1. The number of imide groups is 2. The topological polar surface area (TPSA) is 183 Å². The maximum Gasteiger partial charge on any atom is 0.263 e. The van der Waals surface area contributed by atoms with Gasteiger partial charge in [0.1, 0.15) is 35.4 Å². The Hall–Kier alpha value is -6.09. The van der Waals surface area contributed by atoms with Crippen LogP contribution in [0, 0.1) is 0 Å². The van der Waals surface area contributed by atoms with Crippen molar-refractivity contribution in [3.05, 3.63) is 90.3 Å². The number of ether oxygens (including phenoxy) is 1. The zero-order valence-electron chi connectivity index (χ0n) is 28.4. The van der Waals surface area contributed by atoms with Gasteiger partial charge in [0, 0.05) is 42.1 Å². The number of nitrogens with one attached hydrogen (secondary N) is 1. The van der Waals surface area contributed by atoms with Crippen LogP contribution >= 0.6 is 11.8 Å². The molecule has 0 radical (unpaired) electrons. The number of amides is 5. The molecule has 2 fully saturated rings. The van der Waals surface area contributed by atoms with E-state index >= 15 is 0 Å². The van der Waals surface area contributed by atoms with E-state index in [2.05, 4.69) is 15.3 Å². The summed E-state index contributed by atoms with van der Waals surface area (Å²) >= 11 is 1.32. The summed E-state index contributed by atoms with van der Waals surface area (Å²) in [5.41, 5.74) is 8.88. The molecule has 2 aromatic heterocycles. The number of hydrogen-bond acceptors (Lipinski definition) is 11. The van der Waals surface area contributed by atoms with Crippen molar-refractivity contribution in [3.63, 3.8) is 0 Å². The molecule has 268 valence electrons. The van der Waals surface area contributed by atoms with Crippen molar-refractivity contribution >= 4 is 58.1 Å². The molecule has 3 aromatic carbocycles. The summed E-state index contributed by atoms with van der Waals surface area (Å²) in [6.07, 6.45) is 3.31. The van der Waals surface area contributed by atoms with Crippen molar-refractivity contribution in [1.29, 1.82) is 0 Å². The van der Waals surface area contributed by atoms with Gasteiger partial charge in [0.15, 0.2) is 5.65 Å². The second kappa shape index (κ2) is 14.1. The molecular formula is C38H34N8O6S. The Kier molecular flexibility index (Phi) is 9.08. The maximum absolute atomic E-state index is 13.6. The summed E-state index contributed by atoms with van der Waals surface area (Å²) in [6, 6.07) is 20.9. The molecule has 0 saturated carbocycles. The molecule has 53 heavy (non-hydrogen) atoms. The minimum atomic E-state index is -1.04. The smallest absolute Gasteiger partial charge is 0.263 e. The Morgan fingerprint density at radius 1 is 0.925 bits per heavy atom. The van der Waals surface area contributed by atoms with Crippen LogP contribution in [-0.4, -0.2) is 84.0 Å². The number of likely N-dealkylation sites (tertiary alicyclic amines) is 1. The largest absolute Gasteiger partial charge is 0.457 e. The third-order valence-electron chi connectivity index (χ3n) is 9.72. The molecule has 3 aliphatic rings. The van der Waals surface area contributed by atoms with E-state index in [1.165, 1.54) is 18.1 Å². The molecule has 5 aromatic rings. The second-order valence-corrected chi connectivity index (χ2v) is 14.2. The highest BCUT2D eigenvalue weighted by Gasteiger charge is 2.45. The standard InChI is InChI=1S/C38H34N8O6S/c39-34-32-33(22-11-13-25(14-12-22)52-24-7-2-1-3-8-24)43-46(35(32)41-21-40-34)23-6-5-18-44(20-23)30(48)17-19-53-28-10-4-9-26-31(28)38(51)45(37(26)50)27-15-16-29(47)42-36(27)49/h1-4,7-14,21,23,27H,5-6,15-20H2,(H2,39,40,41)(H,42,47,49)/t23-,27?/m1/s1. The van der Waals surface area contributed by atoms with Gasteiger partial charge in [-0.1, -0.05) is 24.3 Å². The van der Waals surface area contributed by atoms with Crippen LogP contribution in [0.1, 0.15) is 58.9 Å². The quantitative estimate of drug-likeness (QED) is 0.160. The minimum Gasteiger partial charge on any atom is -0.457 e. The van der Waals surface area contributed by atoms with E-state index < -0.39 is 29.7 Å². The SMILES string of the molecule is Nc1ncnc2c1c(-c1ccc(Oc3ccccc3)cc1)nn2[C@@H]1CCCN(C(=O)CCSc2cccc3c2C(=O)N(C2CCC(=O)NC2=O)C3=O)C1. The lowest BCUT2D eigenvalue weighted by molar-refractivity contribution is -0.136. The Labute approximate surface area is 307 Å². The van der Waals surface area contributed by atoms with Crippen LogP contribution in [-0.2, 0) is 14.4 Å². The lowest BCUT2D eigenvalue weighted by atomic mass is 10.0. The Bertz CT molecular complexity index is 2280. The van der Waals surface area contributed by atoms with Gasteiger partial charge in [0.05, 0.1) is 22.6 Å². The summed E-state index contributed by atoms with van der Waals surface area (Å²) in [5.74, 6) is -0.159. The van der Waals surface area contributed by atoms with E-state index in [1.807, 2.05) is 64.2 Å². The number of aromatic nitrogens is 4. The lowest BCUT2D eigenvalue weighted by Gasteiger charge is -2.33. The van der Waals surface area contributed by atoms with E-state index in [0.717, 1.165) is 29.1 Å². The number of anilines is 1. The molecule has 15 heteroatoms. The minimum absolute atomic E-state index is 0.0396. The predicted octanol–water partition coefficient (Wildman–Crippen LogP) is 4.61. The van der Waals surface area contributed by atoms with Crippen LogP contribution in [0.2, 0.25) is 0 Å². The summed E-state index contributed by atoms with van der Waals surface area (Å²) in [4.78, 5) is 76.6. The van der Waals surface area contributed by atoms with Gasteiger partial charge in [-0.3, -0.25) is 34.2 Å². The van der Waals surface area contributed by atoms with Crippen molar-refractivity contribution in [1.82, 2.24) is 34.9 Å². The normalized spacial score (nSPS) is 18.7. The fourth-order valence-electron chi connectivity index (χ4n) is 7.15. The first kappa shape index (κ1) is 34.0. The third-order valence-corrected chi connectivity index (χ3v) is 10.8. The van der Waals surface area contributed by atoms with E-state index in [-0.39, 0.29) is 42.3 Å². The highest BCUT2D eigenvalue weighted by Crippen LogP contribution is 2.37. The molecule has 1 unspecified atom stereocenters. The van der Waals surface area contributed by atoms with Gasteiger partial charge in [-0.2, -0.15) is 5.10 Å². The van der Waals surface area contributed by atoms with Gasteiger partial charge in [-0.25, -0.2) is 14.6 Å². The van der Waals surface area contributed by atoms with Crippen LogP contribution in [0.3, 0.4) is 0 Å². The monoisotopic (exact) mass is 730 g/mol. The molecule has 0 spiro atoms. The zero-order chi connectivity index (χ0) is 36.6. The fourth-order valence-corrected chi connectivity index (χ4v) is 8.16. The molecule has 5 heterocycles. The molecule has 14 nitrogen and oxygen atoms in total. The van der Waals surface area contributed by atoms with Gasteiger partial charge in [0.25, 0.3) is 11.8 Å². The van der Waals surface area contributed by atoms with E-state index in [4.69, 9.17) is 15.6 Å². The zero-order valence-corrected chi connectivity index (χ0v) is 29.3. The first-order valence-electron chi connectivity index (χ1n) is 17.3. The van der Waals surface area contributed by atoms with Gasteiger partial charge in [-0.15, -0.1) is 11.8 Å². The van der Waals surface area contributed by atoms with Crippen molar-refractivity contribution < 1.29 is 28.7 Å². The average molecular weight is 731 g/mol. The summed E-state index contributed by atoms with van der Waals surface area (Å²) in [6.45, 7) is 1.03. The molecule has 8 rings (SSSR count). The van der Waals surface area contributed by atoms with Gasteiger partial charge < -0.3 is 15.4 Å². The van der Waals surface area contributed by atoms with Crippen LogP contribution in [0.4, 0.5) is 5.82 Å². The molecule has 5 amide bonds. The van der Waals surface area contributed by atoms with Crippen molar-refractivity contribution in [2.45, 2.75) is 49.1 Å². The maximum atomic E-state index is 13.6. The number of nitrogens with zero attached hydrogens (tertiary/aromatic N) is 6. The Morgan fingerprint density at radius 3 is 2.51 bits per heavy atom. The first-order valence-corrected chi connectivity index (χ1v) is 18.3. The van der Waals surface area contributed by atoms with Crippen LogP contribution in [0.15, 0.2) is 84.0 Å². The van der Waals surface area contributed by atoms with Gasteiger partial charge in [0.2, 0.25) is 17.7 Å². The number of piperidine rings is 2. The van der Waals surface area contributed by atoms with E-state index in [0.29, 0.717) is 52.0 Å². The second-order valence-electron chi connectivity index (χ2n) is 13.1. The van der Waals surface area contributed by atoms with Crippen LogP contribution < -0.4 is 15.8 Å². The van der Waals surface area contributed by atoms with Crippen LogP contribution in [0.25, 0.3) is 22.3 Å². The summed E-state index contributed by atoms with van der Waals surface area (Å²) < 4.78 is 7.82. The molecule has 0 bridgehead atoms. The number of thioether (sulfide) groups is 1. The number of nitrogen functional groups attached to an aromatic ring is 1. The van der Waals surface area contributed by atoms with Crippen LogP contribution in [0.5, 0.6) is 11.5 Å². The van der Waals surface area contributed by atoms with Crippen molar-refractivity contribution in [2.24, 2.45) is 0 Å². The number of fused-ring (bicyclic) bond motifs is 2. The fraction of sp³-hybridized carbons (Fsp3) is 0.263. The number of nitrogens with two attached hydrogens (primary N) is 1. The van der Waals surface area contributed by atoms with E-state index in [1.54, 1.807) is 18.2 Å². The molecule has 3 aliphatic heterocycles. The molecule has 0 aliphatic carbocycles. The number of carbonyl (C=O) groups is 5. The first-order chi connectivity index (χ1) is 25.8. The predicted molar refractivity (Wildman–Crippen MR) is 195 cm³/mol. The average Bonchev–Trinajstić information content (AvgIpc) is 3.68. The molecule has 2 saturated heterocycles. The van der Waals surface area contributed by atoms with Crippen molar-refractivity contribution in [3.8, 4) is 22.8 Å². The van der Waals surface area contributed by atoms with Crippen molar-refractivity contribution in [2.75, 3.05) is 24.6 Å². The highest BCUT2D eigenvalue weighted by atomic mass is 32.2. The number of rotatable bonds is 9. The molecule has 3 N–H and O–H groups in total. The van der Waals surface area contributed by atoms with Gasteiger partial charge in [-0.05, 0) is 67.8 Å². The number of benzene rings is 3. The highest BCUT2D eigenvalue weighted by molar-refractivity contribution is 7.99.